The Hall–Kier alpha value is -2.00. The minimum absolute atomic E-state index is 0.0339. The summed E-state index contributed by atoms with van der Waals surface area (Å²) < 4.78 is 26.6. The molecule has 1 aliphatic heterocycles. The van der Waals surface area contributed by atoms with E-state index in [1.165, 1.54) is 34.7 Å². The molecule has 2 atom stereocenters. The average Bonchev–Trinajstić information content (AvgIpc) is 2.49. The molecular weight excluding hydrogens is 290 g/mol. The zero-order chi connectivity index (χ0) is 15.5. The number of hydrogen-bond acceptors (Lipinski definition) is 5. The van der Waals surface area contributed by atoms with Gasteiger partial charge in [-0.2, -0.15) is 14.6 Å². The van der Waals surface area contributed by atoms with Crippen LogP contribution in [0.15, 0.2) is 34.2 Å². The van der Waals surface area contributed by atoms with Crippen LogP contribution in [-0.4, -0.2) is 31.5 Å². The van der Waals surface area contributed by atoms with E-state index in [-0.39, 0.29) is 10.8 Å². The summed E-state index contributed by atoms with van der Waals surface area (Å²) in [7, 11) is -3.74. The number of benzene rings is 1. The normalized spacial score (nSPS) is 23.0. The van der Waals surface area contributed by atoms with Crippen molar-refractivity contribution in [3.63, 3.8) is 0 Å². The molecule has 110 valence electrons. The molecule has 1 fully saturated rings. The van der Waals surface area contributed by atoms with Gasteiger partial charge in [-0.1, -0.05) is 6.92 Å². The summed E-state index contributed by atoms with van der Waals surface area (Å²) in [5.41, 5.74) is 0.392. The van der Waals surface area contributed by atoms with Crippen molar-refractivity contribution in [2.24, 2.45) is 10.9 Å². The maximum Gasteiger partial charge on any atom is 0.244 e. The van der Waals surface area contributed by atoms with Gasteiger partial charge in [0.15, 0.2) is 0 Å². The van der Waals surface area contributed by atoms with Gasteiger partial charge in [0.1, 0.15) is 6.17 Å². The van der Waals surface area contributed by atoms with Crippen molar-refractivity contribution in [2.45, 2.75) is 30.8 Å². The fraction of sp³-hybridized carbons (Fsp3) is 0.429. The van der Waals surface area contributed by atoms with Crippen molar-refractivity contribution in [1.82, 2.24) is 4.31 Å². The van der Waals surface area contributed by atoms with E-state index in [2.05, 4.69) is 4.99 Å². The van der Waals surface area contributed by atoms with E-state index in [1.807, 2.05) is 13.0 Å². The molecular formula is C14H15N3O3S. The molecule has 2 unspecified atom stereocenters. The van der Waals surface area contributed by atoms with E-state index in [0.29, 0.717) is 12.1 Å². The molecule has 1 aromatic carbocycles. The third kappa shape index (κ3) is 3.03. The van der Waals surface area contributed by atoms with Crippen molar-refractivity contribution in [3.8, 4) is 6.07 Å². The minimum Gasteiger partial charge on any atom is -0.211 e. The molecule has 1 saturated heterocycles. The molecule has 2 rings (SSSR count). The number of nitrogens with zero attached hydrogens (tertiary/aromatic N) is 3. The predicted molar refractivity (Wildman–Crippen MR) is 75.4 cm³/mol. The molecule has 0 aromatic heterocycles. The Balaban J connectivity index is 2.40. The highest BCUT2D eigenvalue weighted by Gasteiger charge is 2.37. The Morgan fingerprint density at radius 2 is 2.00 bits per heavy atom. The van der Waals surface area contributed by atoms with Gasteiger partial charge in [0.25, 0.3) is 0 Å². The van der Waals surface area contributed by atoms with E-state index in [9.17, 15) is 13.2 Å². The SMILES string of the molecule is CC1CCCN(S(=O)(=O)c2ccc(C#N)cc2)C1N=C=O. The second-order valence-electron chi connectivity index (χ2n) is 5.01. The highest BCUT2D eigenvalue weighted by Crippen LogP contribution is 2.29. The van der Waals surface area contributed by atoms with Crippen LogP contribution in [0, 0.1) is 17.2 Å². The molecule has 21 heavy (non-hydrogen) atoms. The standard InChI is InChI=1S/C14H15N3O3S/c1-11-3-2-8-17(14(11)16-10-18)21(19,20)13-6-4-12(9-15)5-7-13/h4-7,11,14H,2-3,8H2,1H3. The first-order chi connectivity index (χ1) is 10.0. The topological polar surface area (TPSA) is 90.6 Å². The fourth-order valence-corrected chi connectivity index (χ4v) is 4.14. The van der Waals surface area contributed by atoms with Crippen molar-refractivity contribution in [2.75, 3.05) is 6.54 Å². The average molecular weight is 305 g/mol. The highest BCUT2D eigenvalue weighted by molar-refractivity contribution is 7.89. The number of rotatable bonds is 3. The first-order valence-corrected chi connectivity index (χ1v) is 8.03. The molecule has 7 heteroatoms. The van der Waals surface area contributed by atoms with E-state index in [1.54, 1.807) is 0 Å². The number of isocyanates is 1. The molecule has 0 amide bonds. The molecule has 0 aliphatic carbocycles. The fourth-order valence-electron chi connectivity index (χ4n) is 2.48. The molecule has 0 bridgehead atoms. The summed E-state index contributed by atoms with van der Waals surface area (Å²) in [4.78, 5) is 14.3. The van der Waals surface area contributed by atoms with Crippen molar-refractivity contribution in [3.05, 3.63) is 29.8 Å². The van der Waals surface area contributed by atoms with Gasteiger partial charge in [-0.25, -0.2) is 13.2 Å². The third-order valence-electron chi connectivity index (χ3n) is 3.62. The van der Waals surface area contributed by atoms with Crippen LogP contribution < -0.4 is 0 Å². The molecule has 1 aliphatic rings. The lowest BCUT2D eigenvalue weighted by Gasteiger charge is -2.35. The second kappa shape index (κ2) is 6.19. The summed E-state index contributed by atoms with van der Waals surface area (Å²) >= 11 is 0. The first kappa shape index (κ1) is 15.4. The van der Waals surface area contributed by atoms with Gasteiger partial charge in [-0.15, -0.1) is 0 Å². The van der Waals surface area contributed by atoms with Crippen molar-refractivity contribution < 1.29 is 13.2 Å². The number of piperidine rings is 1. The van der Waals surface area contributed by atoms with E-state index >= 15 is 0 Å². The highest BCUT2D eigenvalue weighted by atomic mass is 32.2. The summed E-state index contributed by atoms with van der Waals surface area (Å²) in [5, 5.41) is 8.76. The molecule has 0 radical (unpaired) electrons. The van der Waals surface area contributed by atoms with Crippen LogP contribution in [-0.2, 0) is 14.8 Å². The summed E-state index contributed by atoms with van der Waals surface area (Å²) in [6.45, 7) is 2.19. The summed E-state index contributed by atoms with van der Waals surface area (Å²) in [6, 6.07) is 7.65. The Morgan fingerprint density at radius 3 is 2.57 bits per heavy atom. The summed E-state index contributed by atoms with van der Waals surface area (Å²) in [6.07, 6.45) is 2.29. The first-order valence-electron chi connectivity index (χ1n) is 6.59. The molecule has 0 saturated carbocycles. The molecule has 0 spiro atoms. The number of carbonyl (C=O) groups excluding carboxylic acids is 1. The number of hydrogen-bond donors (Lipinski definition) is 0. The zero-order valence-electron chi connectivity index (χ0n) is 11.6. The van der Waals surface area contributed by atoms with Crippen LogP contribution in [0.3, 0.4) is 0 Å². The molecule has 1 aromatic rings. The van der Waals surface area contributed by atoms with Crippen LogP contribution in [0.1, 0.15) is 25.3 Å². The molecule has 6 nitrogen and oxygen atoms in total. The quantitative estimate of drug-likeness (QED) is 0.627. The number of sulfonamides is 1. The van der Waals surface area contributed by atoms with Gasteiger partial charge >= 0.3 is 0 Å². The Bertz CT molecular complexity index is 700. The Kier molecular flexibility index (Phi) is 4.53. The van der Waals surface area contributed by atoms with Crippen LogP contribution in [0.4, 0.5) is 0 Å². The third-order valence-corrected chi connectivity index (χ3v) is 5.50. The zero-order valence-corrected chi connectivity index (χ0v) is 12.4. The lowest BCUT2D eigenvalue weighted by Crippen LogP contribution is -2.46. The van der Waals surface area contributed by atoms with Crippen molar-refractivity contribution >= 4 is 16.1 Å². The second-order valence-corrected chi connectivity index (χ2v) is 6.90. The predicted octanol–water partition coefficient (Wildman–Crippen LogP) is 1.64. The molecule has 1 heterocycles. The lowest BCUT2D eigenvalue weighted by atomic mass is 9.98. The van der Waals surface area contributed by atoms with Crippen LogP contribution in [0.2, 0.25) is 0 Å². The van der Waals surface area contributed by atoms with Gasteiger partial charge in [-0.05, 0) is 43.0 Å². The van der Waals surface area contributed by atoms with Crippen LogP contribution >= 0.6 is 0 Å². The lowest BCUT2D eigenvalue weighted by molar-refractivity contribution is 0.194. The largest absolute Gasteiger partial charge is 0.244 e. The smallest absolute Gasteiger partial charge is 0.211 e. The number of nitriles is 1. The van der Waals surface area contributed by atoms with Crippen LogP contribution in [0.25, 0.3) is 0 Å². The number of aliphatic imine (C=N–C) groups is 1. The van der Waals surface area contributed by atoms with Gasteiger partial charge in [0.05, 0.1) is 16.5 Å². The maximum absolute atomic E-state index is 12.7. The Morgan fingerprint density at radius 1 is 1.33 bits per heavy atom. The molecule has 0 N–H and O–H groups in total. The van der Waals surface area contributed by atoms with E-state index in [4.69, 9.17) is 5.26 Å². The van der Waals surface area contributed by atoms with Gasteiger partial charge < -0.3 is 0 Å². The van der Waals surface area contributed by atoms with Gasteiger partial charge in [0.2, 0.25) is 16.1 Å². The van der Waals surface area contributed by atoms with Crippen LogP contribution in [0.5, 0.6) is 0 Å². The summed E-state index contributed by atoms with van der Waals surface area (Å²) in [5.74, 6) is -0.0339. The Labute approximate surface area is 123 Å². The van der Waals surface area contributed by atoms with Gasteiger partial charge in [-0.3, -0.25) is 0 Å². The monoisotopic (exact) mass is 305 g/mol. The van der Waals surface area contributed by atoms with Crippen molar-refractivity contribution in [1.29, 1.82) is 5.26 Å². The minimum atomic E-state index is -3.74. The maximum atomic E-state index is 12.7. The van der Waals surface area contributed by atoms with E-state index < -0.39 is 16.2 Å². The van der Waals surface area contributed by atoms with E-state index in [0.717, 1.165) is 12.8 Å². The van der Waals surface area contributed by atoms with Gasteiger partial charge in [0, 0.05) is 6.54 Å².